The van der Waals surface area contributed by atoms with Crippen molar-refractivity contribution < 1.29 is 14.6 Å². The number of benzene rings is 1. The van der Waals surface area contributed by atoms with Gasteiger partial charge in [0.25, 0.3) is 0 Å². The van der Waals surface area contributed by atoms with E-state index in [9.17, 15) is 4.79 Å². The number of likely N-dealkylation sites (tertiary alicyclic amines) is 1. The number of nitrogen functional groups attached to an aromatic ring is 1. The van der Waals surface area contributed by atoms with E-state index >= 15 is 0 Å². The maximum Gasteiger partial charge on any atom is 0.224 e. The van der Waals surface area contributed by atoms with Gasteiger partial charge in [-0.3, -0.25) is 4.79 Å². The summed E-state index contributed by atoms with van der Waals surface area (Å²) in [7, 11) is 1.62. The van der Waals surface area contributed by atoms with Gasteiger partial charge < -0.3 is 20.5 Å². The Morgan fingerprint density at radius 1 is 1.32 bits per heavy atom. The van der Waals surface area contributed by atoms with Gasteiger partial charge in [0.1, 0.15) is 23.6 Å². The standard InChI is InChI=1S/C22H24N6O3/c1-14-9-15(11-17(10-14)31-2)3-4-18-20-21(23)24-13-25-22(20)28(26-18)16-5-7-27(12-16)19(30)6-8-29/h9-11,13,16,29H,5-8,12H2,1-2H3,(H2,23,24,25)/t16-/m0/s1. The zero-order valence-corrected chi connectivity index (χ0v) is 17.5. The van der Waals surface area contributed by atoms with Crippen molar-refractivity contribution in [3.63, 3.8) is 0 Å². The van der Waals surface area contributed by atoms with Gasteiger partial charge in [-0.1, -0.05) is 5.92 Å². The largest absolute Gasteiger partial charge is 0.497 e. The molecule has 3 aromatic rings. The lowest BCUT2D eigenvalue weighted by molar-refractivity contribution is -0.130. The van der Waals surface area contributed by atoms with Crippen molar-refractivity contribution in [2.24, 2.45) is 0 Å². The fourth-order valence-corrected chi connectivity index (χ4v) is 3.83. The van der Waals surface area contributed by atoms with Gasteiger partial charge in [-0.2, -0.15) is 5.10 Å². The molecule has 1 atom stereocenters. The van der Waals surface area contributed by atoms with Crippen LogP contribution in [-0.2, 0) is 4.79 Å². The van der Waals surface area contributed by atoms with E-state index in [1.807, 2.05) is 25.1 Å². The summed E-state index contributed by atoms with van der Waals surface area (Å²) in [6.07, 6.45) is 2.26. The first-order valence-corrected chi connectivity index (χ1v) is 10.0. The minimum absolute atomic E-state index is 0.0472. The van der Waals surface area contributed by atoms with E-state index in [0.717, 1.165) is 23.3 Å². The number of rotatable bonds is 4. The molecule has 9 nitrogen and oxygen atoms in total. The normalized spacial score (nSPS) is 15.7. The van der Waals surface area contributed by atoms with E-state index in [1.54, 1.807) is 16.7 Å². The zero-order chi connectivity index (χ0) is 22.0. The van der Waals surface area contributed by atoms with Crippen LogP contribution >= 0.6 is 0 Å². The molecule has 160 valence electrons. The SMILES string of the molecule is COc1cc(C)cc(C#Cc2nn([C@H]3CCN(C(=O)CCO)C3)c3ncnc(N)c23)c1. The molecule has 0 aliphatic carbocycles. The summed E-state index contributed by atoms with van der Waals surface area (Å²) in [5.74, 6) is 7.23. The van der Waals surface area contributed by atoms with Crippen molar-refractivity contribution in [1.82, 2.24) is 24.6 Å². The number of nitrogens with zero attached hydrogens (tertiary/aromatic N) is 5. The smallest absolute Gasteiger partial charge is 0.224 e. The van der Waals surface area contributed by atoms with E-state index < -0.39 is 0 Å². The predicted molar refractivity (Wildman–Crippen MR) is 115 cm³/mol. The lowest BCUT2D eigenvalue weighted by atomic mass is 10.1. The maximum atomic E-state index is 12.1. The van der Waals surface area contributed by atoms with Crippen molar-refractivity contribution >= 4 is 22.8 Å². The first kappa shape index (κ1) is 20.6. The highest BCUT2D eigenvalue weighted by Crippen LogP contribution is 2.28. The fraction of sp³-hybridized carbons (Fsp3) is 0.364. The van der Waals surface area contributed by atoms with E-state index in [2.05, 4.69) is 21.8 Å². The van der Waals surface area contributed by atoms with Crippen molar-refractivity contribution in [2.45, 2.75) is 25.8 Å². The lowest BCUT2D eigenvalue weighted by Crippen LogP contribution is -2.29. The second-order valence-electron chi connectivity index (χ2n) is 7.50. The number of ether oxygens (including phenoxy) is 1. The number of anilines is 1. The minimum atomic E-state index is -0.155. The average Bonchev–Trinajstić information content (AvgIpc) is 3.38. The summed E-state index contributed by atoms with van der Waals surface area (Å²) in [6, 6.07) is 5.72. The van der Waals surface area contributed by atoms with Crippen LogP contribution in [0, 0.1) is 18.8 Å². The van der Waals surface area contributed by atoms with Crippen LogP contribution in [0.4, 0.5) is 5.82 Å². The molecule has 1 amide bonds. The molecule has 2 aromatic heterocycles. The molecule has 1 saturated heterocycles. The fourth-order valence-electron chi connectivity index (χ4n) is 3.83. The number of carbonyl (C=O) groups is 1. The number of aliphatic hydroxyl groups is 1. The molecular formula is C22H24N6O3. The van der Waals surface area contributed by atoms with E-state index in [0.29, 0.717) is 35.6 Å². The van der Waals surface area contributed by atoms with E-state index in [4.69, 9.17) is 20.7 Å². The van der Waals surface area contributed by atoms with E-state index in [1.165, 1.54) is 6.33 Å². The Morgan fingerprint density at radius 3 is 2.94 bits per heavy atom. The number of aryl methyl sites for hydroxylation is 1. The van der Waals surface area contributed by atoms with Crippen LogP contribution in [0.15, 0.2) is 24.5 Å². The highest BCUT2D eigenvalue weighted by molar-refractivity contribution is 5.90. The topological polar surface area (TPSA) is 119 Å². The van der Waals surface area contributed by atoms with Gasteiger partial charge in [-0.05, 0) is 43.0 Å². The Morgan fingerprint density at radius 2 is 2.16 bits per heavy atom. The van der Waals surface area contributed by atoms with Crippen molar-refractivity contribution in [3.05, 3.63) is 41.3 Å². The Labute approximate surface area is 179 Å². The number of fused-ring (bicyclic) bond motifs is 1. The van der Waals surface area contributed by atoms with Gasteiger partial charge in [0.05, 0.1) is 25.1 Å². The number of carbonyl (C=O) groups excluding carboxylic acids is 1. The van der Waals surface area contributed by atoms with Crippen LogP contribution < -0.4 is 10.5 Å². The molecule has 3 heterocycles. The van der Waals surface area contributed by atoms with Gasteiger partial charge in [0.2, 0.25) is 5.91 Å². The van der Waals surface area contributed by atoms with Crippen molar-refractivity contribution in [3.8, 4) is 17.6 Å². The molecule has 0 unspecified atom stereocenters. The predicted octanol–water partition coefficient (Wildman–Crippen LogP) is 1.28. The highest BCUT2D eigenvalue weighted by Gasteiger charge is 2.30. The summed E-state index contributed by atoms with van der Waals surface area (Å²) in [5.41, 5.74) is 9.07. The average molecular weight is 420 g/mol. The molecule has 1 fully saturated rings. The lowest BCUT2D eigenvalue weighted by Gasteiger charge is -2.16. The molecule has 0 spiro atoms. The molecule has 4 rings (SSSR count). The minimum Gasteiger partial charge on any atom is -0.497 e. The molecule has 31 heavy (non-hydrogen) atoms. The Kier molecular flexibility index (Phi) is 5.73. The van der Waals surface area contributed by atoms with Crippen LogP contribution in [0.1, 0.15) is 35.7 Å². The number of nitrogens with two attached hydrogens (primary N) is 1. The van der Waals surface area contributed by atoms with Gasteiger partial charge in [0, 0.05) is 25.1 Å². The first-order valence-electron chi connectivity index (χ1n) is 10.0. The van der Waals surface area contributed by atoms with Crippen molar-refractivity contribution in [2.75, 3.05) is 32.5 Å². The van der Waals surface area contributed by atoms with Crippen molar-refractivity contribution in [1.29, 1.82) is 0 Å². The summed E-state index contributed by atoms with van der Waals surface area (Å²) in [5, 5.41) is 14.3. The molecule has 1 aromatic carbocycles. The highest BCUT2D eigenvalue weighted by atomic mass is 16.5. The number of methoxy groups -OCH3 is 1. The Balaban J connectivity index is 1.71. The third-order valence-corrected chi connectivity index (χ3v) is 5.32. The Bertz CT molecular complexity index is 1190. The molecule has 9 heteroatoms. The summed E-state index contributed by atoms with van der Waals surface area (Å²) in [6.45, 7) is 2.93. The molecule has 0 saturated carbocycles. The van der Waals surface area contributed by atoms with E-state index in [-0.39, 0.29) is 25.0 Å². The zero-order valence-electron chi connectivity index (χ0n) is 17.5. The van der Waals surface area contributed by atoms with Crippen LogP contribution in [0.2, 0.25) is 0 Å². The summed E-state index contributed by atoms with van der Waals surface area (Å²) < 4.78 is 7.11. The third-order valence-electron chi connectivity index (χ3n) is 5.32. The van der Waals surface area contributed by atoms with Gasteiger partial charge in [0.15, 0.2) is 5.65 Å². The van der Waals surface area contributed by atoms with Crippen LogP contribution in [0.25, 0.3) is 11.0 Å². The Hall–Kier alpha value is -3.64. The number of amides is 1. The third kappa shape index (κ3) is 4.15. The number of hydrogen-bond donors (Lipinski definition) is 2. The molecule has 1 aliphatic heterocycles. The molecular weight excluding hydrogens is 396 g/mol. The van der Waals surface area contributed by atoms with Gasteiger partial charge >= 0.3 is 0 Å². The molecule has 1 aliphatic rings. The van der Waals surface area contributed by atoms with Gasteiger partial charge in [-0.25, -0.2) is 14.6 Å². The number of aliphatic hydroxyl groups excluding tert-OH is 1. The van der Waals surface area contributed by atoms with Crippen LogP contribution in [0.5, 0.6) is 5.75 Å². The summed E-state index contributed by atoms with van der Waals surface area (Å²) in [4.78, 5) is 22.4. The summed E-state index contributed by atoms with van der Waals surface area (Å²) >= 11 is 0. The van der Waals surface area contributed by atoms with Gasteiger partial charge in [-0.15, -0.1) is 0 Å². The number of aromatic nitrogens is 4. The molecule has 0 bridgehead atoms. The number of hydrogen-bond acceptors (Lipinski definition) is 7. The molecule has 3 N–H and O–H groups in total. The second-order valence-corrected chi connectivity index (χ2v) is 7.50. The maximum absolute atomic E-state index is 12.1. The quantitative estimate of drug-likeness (QED) is 0.610. The van der Waals surface area contributed by atoms with Crippen LogP contribution in [-0.4, -0.2) is 62.5 Å². The van der Waals surface area contributed by atoms with Crippen LogP contribution in [0.3, 0.4) is 0 Å². The monoisotopic (exact) mass is 420 g/mol. The second kappa shape index (κ2) is 8.62. The first-order chi connectivity index (χ1) is 15.0. The molecule has 0 radical (unpaired) electrons.